The second-order valence-electron chi connectivity index (χ2n) is 8.02. The number of rotatable bonds is 8. The molecule has 0 aromatic heterocycles. The molecule has 182 valence electrons. The van der Waals surface area contributed by atoms with Crippen LogP contribution < -0.4 is 18.9 Å². The van der Waals surface area contributed by atoms with Crippen LogP contribution in [0.15, 0.2) is 66.8 Å². The molecule has 0 fully saturated rings. The van der Waals surface area contributed by atoms with Crippen molar-refractivity contribution < 1.29 is 38.1 Å². The Morgan fingerprint density at radius 1 is 0.571 bits per heavy atom. The highest BCUT2D eigenvalue weighted by Crippen LogP contribution is 2.43. The van der Waals surface area contributed by atoms with Crippen LogP contribution in [0, 0.1) is 6.92 Å². The van der Waals surface area contributed by atoms with Gasteiger partial charge >= 0.3 is 23.9 Å². The van der Waals surface area contributed by atoms with Gasteiger partial charge in [-0.2, -0.15) is 0 Å². The van der Waals surface area contributed by atoms with Crippen molar-refractivity contribution in [1.82, 2.24) is 0 Å². The van der Waals surface area contributed by atoms with E-state index in [1.807, 2.05) is 0 Å². The fourth-order valence-electron chi connectivity index (χ4n) is 2.66. The summed E-state index contributed by atoms with van der Waals surface area (Å²) in [5.41, 5.74) is 0.834. The van der Waals surface area contributed by atoms with E-state index >= 15 is 0 Å². The summed E-state index contributed by atoms with van der Waals surface area (Å²) < 4.78 is 21.7. The molecule has 0 amide bonds. The molecule has 0 aliphatic heterocycles. The van der Waals surface area contributed by atoms with E-state index in [9.17, 15) is 19.2 Å². The lowest BCUT2D eigenvalue weighted by Crippen LogP contribution is -2.14. The Morgan fingerprint density at radius 3 is 1.49 bits per heavy atom. The summed E-state index contributed by atoms with van der Waals surface area (Å²) in [6, 6.07) is 4.19. The summed E-state index contributed by atoms with van der Waals surface area (Å²) in [7, 11) is 0. The van der Waals surface area contributed by atoms with Crippen LogP contribution >= 0.6 is 0 Å². The maximum absolute atomic E-state index is 12.3. The fraction of sp³-hybridized carbons (Fsp3) is 0.185. The van der Waals surface area contributed by atoms with Gasteiger partial charge in [0.05, 0.1) is 0 Å². The van der Waals surface area contributed by atoms with E-state index in [1.165, 1.54) is 45.9 Å². The van der Waals surface area contributed by atoms with Crippen molar-refractivity contribution in [2.24, 2.45) is 0 Å². The third-order valence-corrected chi connectivity index (χ3v) is 4.56. The highest BCUT2D eigenvalue weighted by atomic mass is 16.6. The maximum Gasteiger partial charge on any atom is 0.338 e. The molecule has 0 aliphatic rings. The maximum atomic E-state index is 12.3. The van der Waals surface area contributed by atoms with E-state index in [0.717, 1.165) is 0 Å². The summed E-state index contributed by atoms with van der Waals surface area (Å²) in [4.78, 5) is 49.0. The van der Waals surface area contributed by atoms with E-state index in [0.29, 0.717) is 16.3 Å². The molecule has 8 nitrogen and oxygen atoms in total. The first kappa shape index (κ1) is 26.8. The Balaban J connectivity index is 2.87. The van der Waals surface area contributed by atoms with Gasteiger partial charge in [0.1, 0.15) is 11.5 Å². The zero-order chi connectivity index (χ0) is 26.6. The van der Waals surface area contributed by atoms with Gasteiger partial charge in [0.2, 0.25) is 0 Å². The number of aryl methyl sites for hydroxylation is 1. The molecule has 0 saturated carbocycles. The highest BCUT2D eigenvalue weighted by Gasteiger charge is 2.23. The standard InChI is InChI=1S/C27H26O8/c1-13(2)24(28)32-18-10-19-17(9)23(35-27(31)16(7)8)22(34-26(30)15(5)6)12-20(19)21(11-18)33-25(29)14(3)4/h10-12H,1,3,5,7H2,2,4,6,8-9H3. The van der Waals surface area contributed by atoms with Crippen LogP contribution in [-0.2, 0) is 19.2 Å². The van der Waals surface area contributed by atoms with Crippen molar-refractivity contribution >= 4 is 34.6 Å². The molecule has 0 heterocycles. The molecule has 0 unspecified atom stereocenters. The first-order chi connectivity index (χ1) is 16.2. The molecule has 0 saturated heterocycles. The van der Waals surface area contributed by atoms with Gasteiger partial charge in [-0.15, -0.1) is 0 Å². The minimum absolute atomic E-state index is 0.00600. The summed E-state index contributed by atoms with van der Waals surface area (Å²) in [6.45, 7) is 21.7. The van der Waals surface area contributed by atoms with E-state index in [4.69, 9.17) is 18.9 Å². The quantitative estimate of drug-likeness (QED) is 0.294. The van der Waals surface area contributed by atoms with Gasteiger partial charge in [0.25, 0.3) is 0 Å². The van der Waals surface area contributed by atoms with Crippen molar-refractivity contribution in [3.8, 4) is 23.0 Å². The molecule has 2 rings (SSSR count). The number of carbonyl (C=O) groups is 4. The van der Waals surface area contributed by atoms with Crippen molar-refractivity contribution in [1.29, 1.82) is 0 Å². The van der Waals surface area contributed by atoms with Crippen LogP contribution in [0.2, 0.25) is 0 Å². The number of ether oxygens (including phenoxy) is 4. The molecule has 0 atom stereocenters. The van der Waals surface area contributed by atoms with Gasteiger partial charge in [-0.1, -0.05) is 26.3 Å². The Labute approximate surface area is 203 Å². The number of fused-ring (bicyclic) bond motifs is 1. The third-order valence-electron chi connectivity index (χ3n) is 4.56. The van der Waals surface area contributed by atoms with Gasteiger partial charge in [-0.05, 0) is 52.1 Å². The van der Waals surface area contributed by atoms with Gasteiger partial charge in [-0.3, -0.25) is 0 Å². The third kappa shape index (κ3) is 6.32. The van der Waals surface area contributed by atoms with Gasteiger partial charge in [0, 0.05) is 39.3 Å². The van der Waals surface area contributed by atoms with Gasteiger partial charge < -0.3 is 18.9 Å². The number of benzene rings is 2. The lowest BCUT2D eigenvalue weighted by molar-refractivity contribution is -0.132. The molecular weight excluding hydrogens is 452 g/mol. The Morgan fingerprint density at radius 2 is 1.00 bits per heavy atom. The first-order valence-corrected chi connectivity index (χ1v) is 10.3. The molecule has 0 bridgehead atoms. The zero-order valence-electron chi connectivity index (χ0n) is 20.3. The lowest BCUT2D eigenvalue weighted by atomic mass is 10.0. The smallest absolute Gasteiger partial charge is 0.338 e. The number of carbonyl (C=O) groups excluding carboxylic acids is 4. The Hall–Kier alpha value is -4.46. The summed E-state index contributed by atoms with van der Waals surface area (Å²) in [5, 5.41) is 0.702. The number of hydrogen-bond acceptors (Lipinski definition) is 8. The Bertz CT molecular complexity index is 1330. The molecular formula is C27H26O8. The Kier molecular flexibility index (Phi) is 8.15. The van der Waals surface area contributed by atoms with E-state index in [1.54, 1.807) is 6.92 Å². The predicted molar refractivity (Wildman–Crippen MR) is 130 cm³/mol. The molecule has 0 spiro atoms. The monoisotopic (exact) mass is 478 g/mol. The van der Waals surface area contributed by atoms with Crippen LogP contribution in [0.25, 0.3) is 10.8 Å². The van der Waals surface area contributed by atoms with Crippen molar-refractivity contribution in [3.63, 3.8) is 0 Å². The average molecular weight is 478 g/mol. The minimum atomic E-state index is -0.760. The van der Waals surface area contributed by atoms with Gasteiger partial charge in [0.15, 0.2) is 11.5 Å². The van der Waals surface area contributed by atoms with E-state index in [-0.39, 0.29) is 45.3 Å². The van der Waals surface area contributed by atoms with Crippen LogP contribution in [0.3, 0.4) is 0 Å². The summed E-state index contributed by atoms with van der Waals surface area (Å²) >= 11 is 0. The van der Waals surface area contributed by atoms with Crippen LogP contribution in [0.5, 0.6) is 23.0 Å². The topological polar surface area (TPSA) is 105 Å². The molecule has 0 radical (unpaired) electrons. The van der Waals surface area contributed by atoms with Crippen molar-refractivity contribution in [3.05, 3.63) is 72.4 Å². The SMILES string of the molecule is C=C(C)C(=O)Oc1cc(OC(=O)C(=C)C)c2cc(OC(=O)C(=C)C)c(OC(=O)C(=C)C)c(C)c2c1. The van der Waals surface area contributed by atoms with Crippen molar-refractivity contribution in [2.45, 2.75) is 34.6 Å². The minimum Gasteiger partial charge on any atom is -0.423 e. The van der Waals surface area contributed by atoms with Crippen molar-refractivity contribution in [2.75, 3.05) is 0 Å². The molecule has 2 aromatic carbocycles. The highest BCUT2D eigenvalue weighted by molar-refractivity contribution is 6.01. The fourth-order valence-corrected chi connectivity index (χ4v) is 2.66. The molecule has 0 aliphatic carbocycles. The summed E-state index contributed by atoms with van der Waals surface area (Å²) in [6.07, 6.45) is 0. The van der Waals surface area contributed by atoms with E-state index < -0.39 is 23.9 Å². The number of esters is 4. The summed E-state index contributed by atoms with van der Waals surface area (Å²) in [5.74, 6) is -3.08. The second-order valence-corrected chi connectivity index (χ2v) is 8.02. The molecule has 35 heavy (non-hydrogen) atoms. The second kappa shape index (κ2) is 10.6. The normalized spacial score (nSPS) is 10.2. The molecule has 0 N–H and O–H groups in total. The first-order valence-electron chi connectivity index (χ1n) is 10.3. The van der Waals surface area contributed by atoms with Crippen LogP contribution in [-0.4, -0.2) is 23.9 Å². The number of hydrogen-bond donors (Lipinski definition) is 0. The van der Waals surface area contributed by atoms with E-state index in [2.05, 4.69) is 26.3 Å². The molecule has 2 aromatic rings. The van der Waals surface area contributed by atoms with Crippen LogP contribution in [0.1, 0.15) is 33.3 Å². The average Bonchev–Trinajstić information content (AvgIpc) is 2.76. The lowest BCUT2D eigenvalue weighted by Gasteiger charge is -2.18. The van der Waals surface area contributed by atoms with Crippen LogP contribution in [0.4, 0.5) is 0 Å². The largest absolute Gasteiger partial charge is 0.423 e. The predicted octanol–water partition coefficient (Wildman–Crippen LogP) is 5.07. The van der Waals surface area contributed by atoms with Gasteiger partial charge in [-0.25, -0.2) is 19.2 Å². The zero-order valence-corrected chi connectivity index (χ0v) is 20.3. The molecule has 8 heteroatoms.